The third-order valence-electron chi connectivity index (χ3n) is 4.91. The van der Waals surface area contributed by atoms with E-state index in [4.69, 9.17) is 0 Å². The molecule has 164 valence electrons. The molecule has 0 fully saturated rings. The second-order valence-corrected chi connectivity index (χ2v) is 8.95. The van der Waals surface area contributed by atoms with Crippen LogP contribution in [0.5, 0.6) is 0 Å². The van der Waals surface area contributed by atoms with Crippen molar-refractivity contribution in [2.24, 2.45) is 0 Å². The van der Waals surface area contributed by atoms with Crippen molar-refractivity contribution in [2.45, 2.75) is 24.9 Å². The zero-order chi connectivity index (χ0) is 22.7. The lowest BCUT2D eigenvalue weighted by Crippen LogP contribution is -2.24. The fourth-order valence-electron chi connectivity index (χ4n) is 3.25. The lowest BCUT2D eigenvalue weighted by atomic mass is 10.1. The summed E-state index contributed by atoms with van der Waals surface area (Å²) in [5.74, 6) is -0.299. The normalized spacial score (nSPS) is 11.6. The number of sulfonamides is 1. The van der Waals surface area contributed by atoms with Gasteiger partial charge in [-0.2, -0.15) is 0 Å². The van der Waals surface area contributed by atoms with Crippen molar-refractivity contribution in [3.8, 4) is 0 Å². The summed E-state index contributed by atoms with van der Waals surface area (Å²) < 4.78 is 54.9. The molecule has 0 aliphatic heterocycles. The van der Waals surface area contributed by atoms with E-state index in [0.29, 0.717) is 16.9 Å². The van der Waals surface area contributed by atoms with Crippen LogP contribution in [0.25, 0.3) is 10.9 Å². The first kappa shape index (κ1) is 21.8. The molecule has 1 heterocycles. The minimum Gasteiger partial charge on any atom is -0.365 e. The average Bonchev–Trinajstić information content (AvgIpc) is 2.78. The van der Waals surface area contributed by atoms with Crippen molar-refractivity contribution in [2.75, 3.05) is 5.32 Å². The molecule has 1 aromatic heterocycles. The Hall–Kier alpha value is -3.43. The molecule has 4 aromatic rings. The number of halogens is 2. The number of rotatable bonds is 7. The molecule has 32 heavy (non-hydrogen) atoms. The number of nitrogens with zero attached hydrogens (tertiary/aromatic N) is 2. The number of anilines is 1. The summed E-state index contributed by atoms with van der Waals surface area (Å²) in [5.41, 5.74) is 2.01. The van der Waals surface area contributed by atoms with Crippen LogP contribution in [0.4, 0.5) is 14.6 Å². The Morgan fingerprint density at radius 1 is 0.906 bits per heavy atom. The number of nitrogens with one attached hydrogen (secondary N) is 2. The number of aryl methyl sites for hydroxylation is 1. The van der Waals surface area contributed by atoms with Crippen molar-refractivity contribution in [1.82, 2.24) is 14.7 Å². The molecule has 0 spiro atoms. The zero-order valence-corrected chi connectivity index (χ0v) is 18.0. The Kier molecular flexibility index (Phi) is 6.11. The summed E-state index contributed by atoms with van der Waals surface area (Å²) in [7, 11) is -3.96. The summed E-state index contributed by atoms with van der Waals surface area (Å²) in [6.45, 7) is 1.88. The van der Waals surface area contributed by atoms with Crippen molar-refractivity contribution in [3.63, 3.8) is 0 Å². The quantitative estimate of drug-likeness (QED) is 0.435. The van der Waals surface area contributed by atoms with Crippen LogP contribution in [-0.2, 0) is 23.1 Å². The summed E-state index contributed by atoms with van der Waals surface area (Å²) in [6, 6.07) is 16.7. The molecule has 0 saturated heterocycles. The van der Waals surface area contributed by atoms with Crippen molar-refractivity contribution in [3.05, 3.63) is 95.3 Å². The number of fused-ring (bicyclic) bond motifs is 1. The van der Waals surface area contributed by atoms with Crippen LogP contribution in [0.2, 0.25) is 0 Å². The molecule has 0 aliphatic rings. The van der Waals surface area contributed by atoms with Gasteiger partial charge in [0.2, 0.25) is 10.0 Å². The zero-order valence-electron chi connectivity index (χ0n) is 17.1. The fraction of sp³-hybridized carbons (Fsp3) is 0.130. The van der Waals surface area contributed by atoms with Crippen molar-refractivity contribution in [1.29, 1.82) is 0 Å². The van der Waals surface area contributed by atoms with Crippen LogP contribution in [0.15, 0.2) is 71.6 Å². The molecule has 0 radical (unpaired) electrons. The van der Waals surface area contributed by atoms with Crippen LogP contribution < -0.4 is 10.0 Å². The summed E-state index contributed by atoms with van der Waals surface area (Å²) in [6.07, 6.45) is 0. The van der Waals surface area contributed by atoms with Gasteiger partial charge in [0.1, 0.15) is 23.3 Å². The third kappa shape index (κ3) is 4.74. The summed E-state index contributed by atoms with van der Waals surface area (Å²) in [4.78, 5) is 8.76. The van der Waals surface area contributed by atoms with Gasteiger partial charge in [-0.15, -0.1) is 0 Å². The van der Waals surface area contributed by atoms with E-state index in [0.717, 1.165) is 17.0 Å². The van der Waals surface area contributed by atoms with Gasteiger partial charge in [-0.3, -0.25) is 0 Å². The van der Waals surface area contributed by atoms with Gasteiger partial charge in [-0.1, -0.05) is 36.4 Å². The predicted molar refractivity (Wildman–Crippen MR) is 118 cm³/mol. The first-order valence-electron chi connectivity index (χ1n) is 9.82. The highest BCUT2D eigenvalue weighted by atomic mass is 32.2. The first-order valence-corrected chi connectivity index (χ1v) is 11.3. The average molecular weight is 455 g/mol. The smallest absolute Gasteiger partial charge is 0.241 e. The second-order valence-electron chi connectivity index (χ2n) is 7.19. The van der Waals surface area contributed by atoms with Gasteiger partial charge in [0, 0.05) is 17.5 Å². The van der Waals surface area contributed by atoms with Crippen LogP contribution >= 0.6 is 0 Å². The van der Waals surface area contributed by atoms with E-state index >= 15 is 0 Å². The summed E-state index contributed by atoms with van der Waals surface area (Å²) in [5, 5.41) is 3.87. The lowest BCUT2D eigenvalue weighted by Gasteiger charge is -2.13. The maximum Gasteiger partial charge on any atom is 0.241 e. The van der Waals surface area contributed by atoms with E-state index in [9.17, 15) is 17.2 Å². The van der Waals surface area contributed by atoms with E-state index in [1.165, 1.54) is 24.3 Å². The van der Waals surface area contributed by atoms with Crippen molar-refractivity contribution < 1.29 is 17.2 Å². The van der Waals surface area contributed by atoms with E-state index in [1.807, 2.05) is 25.1 Å². The summed E-state index contributed by atoms with van der Waals surface area (Å²) >= 11 is 0. The molecule has 3 aromatic carbocycles. The Morgan fingerprint density at radius 3 is 2.47 bits per heavy atom. The monoisotopic (exact) mass is 454 g/mol. The molecule has 0 bridgehead atoms. The van der Waals surface area contributed by atoms with E-state index in [2.05, 4.69) is 20.0 Å². The predicted octanol–water partition coefficient (Wildman–Crippen LogP) is 4.31. The minimum absolute atomic E-state index is 0.188. The Balaban J connectivity index is 1.63. The maximum atomic E-state index is 14.0. The standard InChI is InChI=1S/C23H20F2N4O2S/c1-15-6-4-10-19-22(15)28-21(14-27-32(30,31)18-9-5-8-17(24)12-18)29-23(19)26-13-16-7-2-3-11-20(16)25/h2-12,27H,13-14H2,1H3,(H,26,28,29). The first-order chi connectivity index (χ1) is 15.3. The van der Waals surface area contributed by atoms with Crippen LogP contribution in [0.1, 0.15) is 17.0 Å². The molecule has 6 nitrogen and oxygen atoms in total. The van der Waals surface area contributed by atoms with Crippen LogP contribution in [0.3, 0.4) is 0 Å². The molecule has 0 unspecified atom stereocenters. The second kappa shape index (κ2) is 8.97. The van der Waals surface area contributed by atoms with E-state index in [1.54, 1.807) is 18.2 Å². The van der Waals surface area contributed by atoms with Gasteiger partial charge < -0.3 is 5.32 Å². The highest BCUT2D eigenvalue weighted by molar-refractivity contribution is 7.89. The third-order valence-corrected chi connectivity index (χ3v) is 6.30. The largest absolute Gasteiger partial charge is 0.365 e. The number of aromatic nitrogens is 2. The van der Waals surface area contributed by atoms with Gasteiger partial charge in [0.25, 0.3) is 0 Å². The van der Waals surface area contributed by atoms with Crippen molar-refractivity contribution >= 4 is 26.7 Å². The van der Waals surface area contributed by atoms with E-state index < -0.39 is 15.8 Å². The molecule has 0 saturated carbocycles. The molecule has 2 N–H and O–H groups in total. The number of hydrogen-bond acceptors (Lipinski definition) is 5. The minimum atomic E-state index is -3.96. The Bertz CT molecular complexity index is 1390. The Labute approximate surface area is 184 Å². The fourth-order valence-corrected chi connectivity index (χ4v) is 4.26. The van der Waals surface area contributed by atoms with Crippen LogP contribution in [-0.4, -0.2) is 18.4 Å². The van der Waals surface area contributed by atoms with Crippen LogP contribution in [0, 0.1) is 18.6 Å². The highest BCUT2D eigenvalue weighted by Crippen LogP contribution is 2.24. The number of para-hydroxylation sites is 1. The van der Waals surface area contributed by atoms with Gasteiger partial charge in [-0.05, 0) is 42.8 Å². The maximum absolute atomic E-state index is 14.0. The van der Waals surface area contributed by atoms with Gasteiger partial charge >= 0.3 is 0 Å². The molecule has 0 atom stereocenters. The molecule has 0 aliphatic carbocycles. The molecular weight excluding hydrogens is 434 g/mol. The molecule has 4 rings (SSSR count). The SMILES string of the molecule is Cc1cccc2c(NCc3ccccc3F)nc(CNS(=O)(=O)c3cccc(F)c3)nc12. The Morgan fingerprint density at radius 2 is 1.69 bits per heavy atom. The van der Waals surface area contributed by atoms with Gasteiger partial charge in [0.05, 0.1) is 17.0 Å². The lowest BCUT2D eigenvalue weighted by molar-refractivity contribution is 0.575. The highest BCUT2D eigenvalue weighted by Gasteiger charge is 2.17. The number of benzene rings is 3. The molecular formula is C23H20F2N4O2S. The van der Waals surface area contributed by atoms with Gasteiger partial charge in [-0.25, -0.2) is 31.9 Å². The number of hydrogen-bond donors (Lipinski definition) is 2. The van der Waals surface area contributed by atoms with E-state index in [-0.39, 0.29) is 29.6 Å². The van der Waals surface area contributed by atoms with Gasteiger partial charge in [0.15, 0.2) is 0 Å². The molecule has 0 amide bonds. The molecule has 9 heteroatoms. The topological polar surface area (TPSA) is 84.0 Å².